The molecule has 2 aromatic carbocycles. The minimum Gasteiger partial charge on any atom is -0.490 e. The number of hydrogen-bond donors (Lipinski definition) is 0. The number of hydrogen-bond acceptors (Lipinski definition) is 15. The lowest BCUT2D eigenvalue weighted by atomic mass is 9.78. The largest absolute Gasteiger partial charge is 0.490 e. The van der Waals surface area contributed by atoms with Crippen molar-refractivity contribution in [3.05, 3.63) is 59.7 Å². The number of carbonyl (C=O) groups excluding carboxylic acids is 4. The Morgan fingerprint density at radius 1 is 0.620 bits per heavy atom. The topological polar surface area (TPSA) is 133 Å². The second-order valence-electron chi connectivity index (χ2n) is 12.1. The molecule has 274 valence electrons. The van der Waals surface area contributed by atoms with Crippen LogP contribution in [0.5, 0.6) is 11.5 Å². The maximum absolute atomic E-state index is 11.1. The zero-order valence-electron chi connectivity index (χ0n) is 28.6. The molecule has 0 N–H and O–H groups in total. The molecule has 0 saturated carbocycles. The van der Waals surface area contributed by atoms with E-state index in [2.05, 4.69) is 49.8 Å². The number of cyclic esters (lactones) is 4. The Morgan fingerprint density at radius 3 is 1.34 bits per heavy atom. The van der Waals surface area contributed by atoms with Crippen LogP contribution < -0.4 is 9.47 Å². The summed E-state index contributed by atoms with van der Waals surface area (Å²) in [5, 5.41) is -0.766. The van der Waals surface area contributed by atoms with E-state index in [4.69, 9.17) is 28.4 Å². The molecule has 4 heterocycles. The summed E-state index contributed by atoms with van der Waals surface area (Å²) in [5.41, 5.74) is 2.12. The van der Waals surface area contributed by atoms with Crippen molar-refractivity contribution in [3.63, 3.8) is 0 Å². The van der Waals surface area contributed by atoms with Crippen molar-refractivity contribution >= 4 is 68.3 Å². The molecule has 0 aromatic heterocycles. The van der Waals surface area contributed by atoms with E-state index in [0.717, 1.165) is 53.6 Å². The molecule has 4 fully saturated rings. The molecule has 4 unspecified atom stereocenters. The molecule has 15 heteroatoms. The molecule has 0 aliphatic carbocycles. The molecule has 4 aliphatic rings. The molecule has 50 heavy (non-hydrogen) atoms. The van der Waals surface area contributed by atoms with Crippen molar-refractivity contribution in [2.45, 2.75) is 70.4 Å². The normalized spacial score (nSPS) is 22.7. The highest BCUT2D eigenvalue weighted by molar-refractivity contribution is 8.14. The third-order valence-electron chi connectivity index (χ3n) is 7.65. The summed E-state index contributed by atoms with van der Waals surface area (Å²) >= 11 is 4.84. The Labute approximate surface area is 310 Å². The Hall–Kier alpha value is -2.72. The van der Waals surface area contributed by atoms with Crippen molar-refractivity contribution in [1.82, 2.24) is 0 Å². The van der Waals surface area contributed by atoms with E-state index >= 15 is 0 Å². The Balaban J connectivity index is 0.000000240. The molecule has 0 spiro atoms. The highest BCUT2D eigenvalue weighted by Gasteiger charge is 2.27. The number of carbonyl (C=O) groups is 4. The molecular formula is C35H44O11S4. The number of rotatable bonds is 13. The van der Waals surface area contributed by atoms with Gasteiger partial charge in [0.1, 0.15) is 49.1 Å². The van der Waals surface area contributed by atoms with Gasteiger partial charge in [-0.05, 0) is 95.8 Å². The van der Waals surface area contributed by atoms with Crippen LogP contribution >= 0.6 is 47.0 Å². The van der Waals surface area contributed by atoms with Gasteiger partial charge in [0.25, 0.3) is 0 Å². The first kappa shape index (κ1) is 40.1. The van der Waals surface area contributed by atoms with Crippen LogP contribution in [0, 0.1) is 0 Å². The van der Waals surface area contributed by atoms with Gasteiger partial charge < -0.3 is 33.2 Å². The van der Waals surface area contributed by atoms with E-state index in [-0.39, 0.29) is 51.0 Å². The number of unbranched alkanes of at least 4 members (excludes halogenated alkanes) is 1. The summed E-state index contributed by atoms with van der Waals surface area (Å²) in [6.07, 6.45) is 1.96. The molecule has 4 saturated heterocycles. The quantitative estimate of drug-likeness (QED) is 0.109. The molecule has 4 atom stereocenters. The summed E-state index contributed by atoms with van der Waals surface area (Å²) < 4.78 is 36.8. The highest BCUT2D eigenvalue weighted by Crippen LogP contribution is 2.34. The summed E-state index contributed by atoms with van der Waals surface area (Å²) in [6, 6.07) is 16.0. The maximum Gasteiger partial charge on any atom is 0.367 e. The van der Waals surface area contributed by atoms with Crippen LogP contribution in [0.4, 0.5) is 19.2 Å². The standard InChI is InChI=1S/C23H24O6S2.C8H14O3S.C4H6O2S/c1-23(2,15-3-7-17(8-4-15)26-11-19-13-30-21(24)28-19)16-5-9-18(10-6-16)27-12-20-14-31-22(25)29-20;1-2-3-4-10-5-7-6-12-8(9)11-7;1-3-2-7-4(5)6-3/h3-10,19-20H,11-14H2,1-2H3;7H,2-6H2,1H3;3H,2H2,1H3. The van der Waals surface area contributed by atoms with E-state index in [1.54, 1.807) is 0 Å². The van der Waals surface area contributed by atoms with Gasteiger partial charge in [0.05, 0.1) is 6.61 Å². The summed E-state index contributed by atoms with van der Waals surface area (Å²) in [5.74, 6) is 4.33. The van der Waals surface area contributed by atoms with Crippen molar-refractivity contribution in [3.8, 4) is 11.5 Å². The van der Waals surface area contributed by atoms with Gasteiger partial charge in [0.15, 0.2) is 0 Å². The molecule has 6 rings (SSSR count). The molecule has 11 nitrogen and oxygen atoms in total. The zero-order valence-corrected chi connectivity index (χ0v) is 31.9. The molecule has 0 amide bonds. The SMILES string of the molecule is CC(C)(c1ccc(OCC2CSC(=O)O2)cc1)c1ccc(OCC2CSC(=O)O2)cc1.CC1CSC(=O)O1.CCCCOCC1CSC(=O)O1. The van der Waals surface area contributed by atoms with Crippen LogP contribution in [-0.4, -0.2) is 95.1 Å². The van der Waals surface area contributed by atoms with E-state index in [1.807, 2.05) is 31.2 Å². The van der Waals surface area contributed by atoms with Crippen molar-refractivity contribution in [1.29, 1.82) is 0 Å². The van der Waals surface area contributed by atoms with Crippen molar-refractivity contribution in [2.75, 3.05) is 49.4 Å². The number of ether oxygens (including phenoxy) is 7. The first-order chi connectivity index (χ1) is 24.0. The van der Waals surface area contributed by atoms with Crippen molar-refractivity contribution in [2.24, 2.45) is 0 Å². The van der Waals surface area contributed by atoms with Gasteiger partial charge in [-0.15, -0.1) is 0 Å². The van der Waals surface area contributed by atoms with Gasteiger partial charge >= 0.3 is 21.2 Å². The molecule has 0 bridgehead atoms. The van der Waals surface area contributed by atoms with Gasteiger partial charge in [-0.3, -0.25) is 0 Å². The fraction of sp³-hybridized carbons (Fsp3) is 0.543. The minimum atomic E-state index is -0.233. The van der Waals surface area contributed by atoms with Crippen molar-refractivity contribution < 1.29 is 52.3 Å². The van der Waals surface area contributed by atoms with E-state index in [9.17, 15) is 19.2 Å². The molecule has 0 radical (unpaired) electrons. The van der Waals surface area contributed by atoms with Gasteiger partial charge in [-0.2, -0.15) is 0 Å². The average Bonchev–Trinajstić information content (AvgIpc) is 3.92. The Bertz CT molecular complexity index is 1330. The average molecular weight is 769 g/mol. The van der Waals surface area contributed by atoms with Gasteiger partial charge in [0.2, 0.25) is 0 Å². The van der Waals surface area contributed by atoms with Gasteiger partial charge in [-0.25, -0.2) is 19.2 Å². The summed E-state index contributed by atoms with van der Waals surface area (Å²) in [4.78, 5) is 43.1. The fourth-order valence-corrected chi connectivity index (χ4v) is 7.44. The third-order valence-corrected chi connectivity index (χ3v) is 11.2. The van der Waals surface area contributed by atoms with Crippen LogP contribution in [0.3, 0.4) is 0 Å². The maximum atomic E-state index is 11.1. The van der Waals surface area contributed by atoms with E-state index < -0.39 is 0 Å². The number of benzene rings is 2. The van der Waals surface area contributed by atoms with Gasteiger partial charge in [0, 0.05) is 35.0 Å². The second kappa shape index (κ2) is 20.4. The van der Waals surface area contributed by atoms with Crippen LogP contribution in [0.25, 0.3) is 0 Å². The fourth-order valence-electron chi connectivity index (χ4n) is 4.70. The monoisotopic (exact) mass is 768 g/mol. The lowest BCUT2D eigenvalue weighted by Crippen LogP contribution is -2.21. The predicted molar refractivity (Wildman–Crippen MR) is 198 cm³/mol. The van der Waals surface area contributed by atoms with Crippen LogP contribution in [0.2, 0.25) is 0 Å². The molecule has 2 aromatic rings. The Morgan fingerprint density at radius 2 is 1.02 bits per heavy atom. The van der Waals surface area contributed by atoms with Crippen LogP contribution in [-0.2, 0) is 29.1 Å². The van der Waals surface area contributed by atoms with Gasteiger partial charge in [-0.1, -0.05) is 51.5 Å². The zero-order chi connectivity index (χ0) is 35.9. The lowest BCUT2D eigenvalue weighted by Gasteiger charge is -2.26. The van der Waals surface area contributed by atoms with Crippen LogP contribution in [0.15, 0.2) is 48.5 Å². The van der Waals surface area contributed by atoms with E-state index in [1.165, 1.54) is 47.0 Å². The highest BCUT2D eigenvalue weighted by atomic mass is 32.2. The predicted octanol–water partition coefficient (Wildman–Crippen LogP) is 8.59. The van der Waals surface area contributed by atoms with Crippen LogP contribution in [0.1, 0.15) is 51.7 Å². The first-order valence-corrected chi connectivity index (χ1v) is 20.3. The minimum absolute atomic E-state index is 0.0145. The summed E-state index contributed by atoms with van der Waals surface area (Å²) in [6.45, 7) is 10.4. The Kier molecular flexibility index (Phi) is 16.3. The molecule has 4 aliphatic heterocycles. The lowest BCUT2D eigenvalue weighted by molar-refractivity contribution is 0.0448. The van der Waals surface area contributed by atoms with E-state index in [0.29, 0.717) is 31.3 Å². The number of thioether (sulfide) groups is 4. The first-order valence-electron chi connectivity index (χ1n) is 16.4. The molecular weight excluding hydrogens is 725 g/mol. The third kappa shape index (κ3) is 13.4. The smallest absolute Gasteiger partial charge is 0.367 e. The summed E-state index contributed by atoms with van der Waals surface area (Å²) in [7, 11) is 0. The second-order valence-corrected chi connectivity index (χ2v) is 15.9.